The molecular weight excluding hydrogens is 292 g/mol. The summed E-state index contributed by atoms with van der Waals surface area (Å²) in [5, 5.41) is 10.8. The zero-order valence-electron chi connectivity index (χ0n) is 12.9. The number of nitrogens with zero attached hydrogens (tertiary/aromatic N) is 2. The molecule has 1 saturated heterocycles. The molecule has 0 unspecified atom stereocenters. The second kappa shape index (κ2) is 6.04. The van der Waals surface area contributed by atoms with E-state index in [4.69, 9.17) is 4.74 Å². The maximum atomic E-state index is 12.4. The van der Waals surface area contributed by atoms with Gasteiger partial charge in [0, 0.05) is 18.3 Å². The Kier molecular flexibility index (Phi) is 3.75. The lowest BCUT2D eigenvalue weighted by atomic mass is 10.1. The van der Waals surface area contributed by atoms with Crippen molar-refractivity contribution >= 4 is 5.91 Å². The maximum absolute atomic E-state index is 12.4. The molecule has 0 bridgehead atoms. The molecule has 0 spiro atoms. The number of hydrogen-bond donors (Lipinski definition) is 2. The lowest BCUT2D eigenvalue weighted by Gasteiger charge is -2.22. The van der Waals surface area contributed by atoms with Crippen LogP contribution in [-0.4, -0.2) is 35.4 Å². The molecule has 1 aromatic carbocycles. The van der Waals surface area contributed by atoms with Crippen LogP contribution < -0.4 is 15.4 Å². The Bertz CT molecular complexity index is 706. The van der Waals surface area contributed by atoms with E-state index in [1.54, 1.807) is 6.07 Å². The van der Waals surface area contributed by atoms with Gasteiger partial charge >= 0.3 is 0 Å². The van der Waals surface area contributed by atoms with Crippen molar-refractivity contribution in [3.63, 3.8) is 0 Å². The van der Waals surface area contributed by atoms with Crippen LogP contribution in [0.2, 0.25) is 0 Å². The van der Waals surface area contributed by atoms with E-state index in [0.717, 1.165) is 37.2 Å². The zero-order valence-corrected chi connectivity index (χ0v) is 12.9. The first-order chi connectivity index (χ1) is 11.3. The Morgan fingerprint density at radius 3 is 3.13 bits per heavy atom. The number of amides is 1. The third-order valence-electron chi connectivity index (χ3n) is 4.49. The van der Waals surface area contributed by atoms with E-state index in [1.165, 1.54) is 0 Å². The fourth-order valence-electron chi connectivity index (χ4n) is 3.24. The van der Waals surface area contributed by atoms with Gasteiger partial charge in [-0.05, 0) is 31.5 Å². The number of rotatable bonds is 3. The summed E-state index contributed by atoms with van der Waals surface area (Å²) in [6, 6.07) is 9.80. The average Bonchev–Trinajstić information content (AvgIpc) is 3.24. The van der Waals surface area contributed by atoms with E-state index < -0.39 is 0 Å². The molecule has 2 aliphatic heterocycles. The quantitative estimate of drug-likeness (QED) is 0.905. The summed E-state index contributed by atoms with van der Waals surface area (Å²) in [6.45, 7) is 2.44. The van der Waals surface area contributed by atoms with Gasteiger partial charge in [0.05, 0.1) is 12.1 Å². The highest BCUT2D eigenvalue weighted by molar-refractivity contribution is 5.92. The number of fused-ring (bicyclic) bond motifs is 1. The third kappa shape index (κ3) is 2.82. The molecule has 1 fully saturated rings. The first-order valence-corrected chi connectivity index (χ1v) is 8.10. The molecule has 1 aromatic heterocycles. The molecule has 6 nitrogen and oxygen atoms in total. The monoisotopic (exact) mass is 312 g/mol. The lowest BCUT2D eigenvalue weighted by molar-refractivity contribution is 0.0924. The number of piperidine rings is 1. The van der Waals surface area contributed by atoms with Gasteiger partial charge in [-0.25, -0.2) is 0 Å². The van der Waals surface area contributed by atoms with Crippen LogP contribution in [-0.2, 0) is 0 Å². The Balaban J connectivity index is 1.45. The number of carbonyl (C=O) groups is 1. The molecule has 1 amide bonds. The van der Waals surface area contributed by atoms with Crippen LogP contribution in [0.4, 0.5) is 0 Å². The smallest absolute Gasteiger partial charge is 0.272 e. The summed E-state index contributed by atoms with van der Waals surface area (Å²) in [7, 11) is 0. The minimum Gasteiger partial charge on any atom is -0.491 e. The van der Waals surface area contributed by atoms with E-state index in [9.17, 15) is 4.79 Å². The fraction of sp³-hybridized carbons (Fsp3) is 0.412. The van der Waals surface area contributed by atoms with Gasteiger partial charge in [-0.15, -0.1) is 0 Å². The average molecular weight is 312 g/mol. The summed E-state index contributed by atoms with van der Waals surface area (Å²) in [6.07, 6.45) is 4.13. The van der Waals surface area contributed by atoms with Crippen molar-refractivity contribution in [2.75, 3.05) is 19.7 Å². The van der Waals surface area contributed by atoms with Crippen molar-refractivity contribution in [2.45, 2.75) is 24.9 Å². The van der Waals surface area contributed by atoms with Crippen LogP contribution in [0.1, 0.15) is 41.0 Å². The molecule has 2 aliphatic rings. The summed E-state index contributed by atoms with van der Waals surface area (Å²) in [4.78, 5) is 12.4. The van der Waals surface area contributed by atoms with Crippen LogP contribution in [0, 0.1) is 0 Å². The molecular formula is C17H20N4O2. The van der Waals surface area contributed by atoms with E-state index >= 15 is 0 Å². The van der Waals surface area contributed by atoms with Crippen molar-refractivity contribution < 1.29 is 9.53 Å². The lowest BCUT2D eigenvalue weighted by Crippen LogP contribution is -2.32. The Labute approximate surface area is 134 Å². The molecule has 2 aromatic rings. The van der Waals surface area contributed by atoms with Gasteiger partial charge in [0.1, 0.15) is 18.1 Å². The predicted octanol–water partition coefficient (Wildman–Crippen LogP) is 1.67. The Hall–Kier alpha value is -2.34. The molecule has 0 aliphatic carbocycles. The summed E-state index contributed by atoms with van der Waals surface area (Å²) < 4.78 is 7.50. The second-order valence-electron chi connectivity index (χ2n) is 6.06. The van der Waals surface area contributed by atoms with Gasteiger partial charge in [-0.2, -0.15) is 5.10 Å². The number of ether oxygens (including phenoxy) is 1. The van der Waals surface area contributed by atoms with Crippen molar-refractivity contribution in [3.05, 3.63) is 47.8 Å². The van der Waals surface area contributed by atoms with Crippen molar-refractivity contribution in [3.8, 4) is 5.75 Å². The largest absolute Gasteiger partial charge is 0.491 e. The van der Waals surface area contributed by atoms with Crippen molar-refractivity contribution in [1.29, 1.82) is 0 Å². The summed E-state index contributed by atoms with van der Waals surface area (Å²) >= 11 is 0. The van der Waals surface area contributed by atoms with E-state index in [2.05, 4.69) is 15.7 Å². The number of benzene rings is 1. The van der Waals surface area contributed by atoms with Gasteiger partial charge in [-0.1, -0.05) is 18.2 Å². The molecule has 120 valence electrons. The van der Waals surface area contributed by atoms with Crippen molar-refractivity contribution in [2.24, 2.45) is 0 Å². The first kappa shape index (κ1) is 14.3. The fourth-order valence-corrected chi connectivity index (χ4v) is 3.24. The molecule has 2 N–H and O–H groups in total. The molecule has 3 heterocycles. The number of aromatic nitrogens is 2. The number of para-hydroxylation sites is 1. The van der Waals surface area contributed by atoms with Gasteiger partial charge < -0.3 is 15.4 Å². The second-order valence-corrected chi connectivity index (χ2v) is 6.06. The van der Waals surface area contributed by atoms with Crippen LogP contribution in [0.25, 0.3) is 0 Å². The number of hydrogen-bond acceptors (Lipinski definition) is 4. The highest BCUT2D eigenvalue weighted by atomic mass is 16.5. The Morgan fingerprint density at radius 2 is 2.26 bits per heavy atom. The molecule has 0 radical (unpaired) electrons. The summed E-state index contributed by atoms with van der Waals surface area (Å²) in [5.74, 6) is 0.689. The van der Waals surface area contributed by atoms with Crippen LogP contribution in [0.5, 0.6) is 5.75 Å². The van der Waals surface area contributed by atoms with E-state index in [1.807, 2.05) is 35.1 Å². The molecule has 6 heteroatoms. The highest BCUT2D eigenvalue weighted by Crippen LogP contribution is 2.31. The third-order valence-corrected chi connectivity index (χ3v) is 4.49. The molecule has 0 saturated carbocycles. The minimum absolute atomic E-state index is 0.111. The first-order valence-electron chi connectivity index (χ1n) is 8.10. The highest BCUT2D eigenvalue weighted by Gasteiger charge is 2.26. The molecule has 2 atom stereocenters. The van der Waals surface area contributed by atoms with E-state index in [-0.39, 0.29) is 11.9 Å². The number of nitrogens with one attached hydrogen (secondary N) is 2. The number of carbonyl (C=O) groups excluding carboxylic acids is 1. The van der Waals surface area contributed by atoms with E-state index in [0.29, 0.717) is 18.3 Å². The molecule has 4 rings (SSSR count). The standard InChI is InChI=1S/C17H20N4O2/c22-17(19-15-11-23-16-6-2-1-5-13(15)16)14-7-9-21(20-14)12-4-3-8-18-10-12/h1-2,5-7,9,12,15,18H,3-4,8,10-11H2,(H,19,22)/t12-,15-/m0/s1. The molecule has 23 heavy (non-hydrogen) atoms. The SMILES string of the molecule is O=C(N[C@H]1COc2ccccc21)c1ccn([C@H]2CCCNC2)n1. The van der Waals surface area contributed by atoms with Gasteiger partial charge in [0.2, 0.25) is 0 Å². The predicted molar refractivity (Wildman–Crippen MR) is 85.5 cm³/mol. The van der Waals surface area contributed by atoms with Crippen LogP contribution in [0.15, 0.2) is 36.5 Å². The van der Waals surface area contributed by atoms with Gasteiger partial charge in [0.25, 0.3) is 5.91 Å². The Morgan fingerprint density at radius 1 is 1.35 bits per heavy atom. The zero-order chi connectivity index (χ0) is 15.6. The minimum atomic E-state index is -0.155. The topological polar surface area (TPSA) is 68.2 Å². The van der Waals surface area contributed by atoms with Crippen LogP contribution >= 0.6 is 0 Å². The van der Waals surface area contributed by atoms with Crippen molar-refractivity contribution in [1.82, 2.24) is 20.4 Å². The maximum Gasteiger partial charge on any atom is 0.272 e. The van der Waals surface area contributed by atoms with Gasteiger partial charge in [0.15, 0.2) is 0 Å². The van der Waals surface area contributed by atoms with Crippen LogP contribution in [0.3, 0.4) is 0 Å². The summed E-state index contributed by atoms with van der Waals surface area (Å²) in [5.41, 5.74) is 1.48. The van der Waals surface area contributed by atoms with Gasteiger partial charge in [-0.3, -0.25) is 9.48 Å². The normalized spacial score (nSPS) is 23.1.